The summed E-state index contributed by atoms with van der Waals surface area (Å²) in [6, 6.07) is 5.80. The van der Waals surface area contributed by atoms with Gasteiger partial charge in [-0.1, -0.05) is 30.9 Å². The third-order valence-corrected chi connectivity index (χ3v) is 4.63. The topological polar surface area (TPSA) is 38.1 Å². The van der Waals surface area contributed by atoms with Crippen LogP contribution >= 0.6 is 0 Å². The SMILES string of the molecule is C=C/C=C\c1cc(C(=O)N2CCC(C=C)CC2)ccc1-n1ccnc1. The van der Waals surface area contributed by atoms with Crippen LogP contribution in [0.5, 0.6) is 0 Å². The maximum atomic E-state index is 12.9. The van der Waals surface area contributed by atoms with Crippen LogP contribution in [-0.2, 0) is 0 Å². The molecule has 1 saturated heterocycles. The molecule has 1 fully saturated rings. The first kappa shape index (κ1) is 17.0. The van der Waals surface area contributed by atoms with Crippen LogP contribution in [0.15, 0.2) is 68.3 Å². The van der Waals surface area contributed by atoms with E-state index in [-0.39, 0.29) is 5.91 Å². The van der Waals surface area contributed by atoms with Crippen molar-refractivity contribution < 1.29 is 4.79 Å². The number of amides is 1. The van der Waals surface area contributed by atoms with Gasteiger partial charge in [-0.05, 0) is 42.5 Å². The molecule has 0 spiro atoms. The molecule has 1 aliphatic rings. The first-order valence-corrected chi connectivity index (χ1v) is 8.56. The number of hydrogen-bond donors (Lipinski definition) is 0. The van der Waals surface area contributed by atoms with Gasteiger partial charge < -0.3 is 9.47 Å². The molecule has 4 heteroatoms. The van der Waals surface area contributed by atoms with Gasteiger partial charge in [0.1, 0.15) is 0 Å². The standard InChI is InChI=1S/C21H23N3O/c1-3-5-6-18-15-19(7-8-20(18)24-14-11-22-16-24)21(25)23-12-9-17(4-2)10-13-23/h3-8,11,14-17H,1-2,9-10,12-13H2/b6-5-. The smallest absolute Gasteiger partial charge is 0.253 e. The second-order valence-corrected chi connectivity index (χ2v) is 6.20. The lowest BCUT2D eigenvalue weighted by Gasteiger charge is -2.30. The highest BCUT2D eigenvalue weighted by molar-refractivity contribution is 5.95. The number of carbonyl (C=O) groups excluding carboxylic acids is 1. The third-order valence-electron chi connectivity index (χ3n) is 4.63. The Hall–Kier alpha value is -2.88. The van der Waals surface area contributed by atoms with Crippen molar-refractivity contribution in [1.29, 1.82) is 0 Å². The fourth-order valence-corrected chi connectivity index (χ4v) is 3.15. The second kappa shape index (κ2) is 7.79. The van der Waals surface area contributed by atoms with E-state index in [2.05, 4.69) is 18.1 Å². The minimum absolute atomic E-state index is 0.0907. The summed E-state index contributed by atoms with van der Waals surface area (Å²) in [6.07, 6.45) is 14.9. The summed E-state index contributed by atoms with van der Waals surface area (Å²) in [4.78, 5) is 18.9. The monoisotopic (exact) mass is 333 g/mol. The first-order valence-electron chi connectivity index (χ1n) is 8.56. The predicted molar refractivity (Wildman–Crippen MR) is 102 cm³/mol. The Labute approximate surface area is 148 Å². The maximum absolute atomic E-state index is 12.9. The van der Waals surface area contributed by atoms with E-state index in [9.17, 15) is 4.79 Å². The third kappa shape index (κ3) is 3.79. The Morgan fingerprint density at radius 1 is 1.24 bits per heavy atom. The van der Waals surface area contributed by atoms with E-state index in [0.717, 1.165) is 37.2 Å². The van der Waals surface area contributed by atoms with E-state index >= 15 is 0 Å². The van der Waals surface area contributed by atoms with Crippen LogP contribution in [0.4, 0.5) is 0 Å². The van der Waals surface area contributed by atoms with Crippen molar-refractivity contribution >= 4 is 12.0 Å². The lowest BCUT2D eigenvalue weighted by molar-refractivity contribution is 0.0705. The van der Waals surface area contributed by atoms with Gasteiger partial charge in [0.15, 0.2) is 0 Å². The summed E-state index contributed by atoms with van der Waals surface area (Å²) in [5.41, 5.74) is 2.66. The average molecular weight is 333 g/mol. The van der Waals surface area contributed by atoms with E-state index in [4.69, 9.17) is 0 Å². The fourth-order valence-electron chi connectivity index (χ4n) is 3.15. The number of imidazole rings is 1. The summed E-state index contributed by atoms with van der Waals surface area (Å²) in [5.74, 6) is 0.617. The van der Waals surface area contributed by atoms with Gasteiger partial charge in [-0.25, -0.2) is 4.98 Å². The molecule has 2 heterocycles. The molecular weight excluding hydrogens is 310 g/mol. The molecule has 1 aliphatic heterocycles. The molecule has 1 aromatic heterocycles. The van der Waals surface area contributed by atoms with Crippen LogP contribution in [-0.4, -0.2) is 33.4 Å². The van der Waals surface area contributed by atoms with Crippen LogP contribution in [0.2, 0.25) is 0 Å². The molecule has 0 bridgehead atoms. The number of rotatable bonds is 5. The van der Waals surface area contributed by atoms with Gasteiger partial charge in [0.25, 0.3) is 5.91 Å². The summed E-state index contributed by atoms with van der Waals surface area (Å²) in [5, 5.41) is 0. The lowest BCUT2D eigenvalue weighted by atomic mass is 9.96. The van der Waals surface area contributed by atoms with E-state index in [1.54, 1.807) is 18.6 Å². The van der Waals surface area contributed by atoms with Crippen molar-refractivity contribution in [2.24, 2.45) is 5.92 Å². The average Bonchev–Trinajstić information content (AvgIpc) is 3.20. The number of hydrogen-bond acceptors (Lipinski definition) is 2. The van der Waals surface area contributed by atoms with Gasteiger partial charge in [-0.3, -0.25) is 4.79 Å². The Morgan fingerprint density at radius 3 is 2.68 bits per heavy atom. The minimum atomic E-state index is 0.0907. The quantitative estimate of drug-likeness (QED) is 0.610. The first-order chi connectivity index (χ1) is 12.2. The van der Waals surface area contributed by atoms with Crippen LogP contribution in [0.3, 0.4) is 0 Å². The minimum Gasteiger partial charge on any atom is -0.339 e. The van der Waals surface area contributed by atoms with Crippen molar-refractivity contribution in [3.8, 4) is 5.69 Å². The van der Waals surface area contributed by atoms with Crippen LogP contribution < -0.4 is 0 Å². The molecule has 25 heavy (non-hydrogen) atoms. The normalized spacial score (nSPS) is 15.4. The van der Waals surface area contributed by atoms with Crippen molar-refractivity contribution in [2.75, 3.05) is 13.1 Å². The maximum Gasteiger partial charge on any atom is 0.253 e. The zero-order valence-corrected chi connectivity index (χ0v) is 14.3. The molecule has 128 valence electrons. The summed E-state index contributed by atoms with van der Waals surface area (Å²) in [6.45, 7) is 9.16. The predicted octanol–water partition coefficient (Wildman–Crippen LogP) is 4.11. The number of allylic oxidation sites excluding steroid dienone is 3. The van der Waals surface area contributed by atoms with Crippen molar-refractivity contribution in [2.45, 2.75) is 12.8 Å². The molecular formula is C21H23N3O. The van der Waals surface area contributed by atoms with Crippen LogP contribution in [0.25, 0.3) is 11.8 Å². The molecule has 1 aromatic carbocycles. The van der Waals surface area contributed by atoms with Gasteiger partial charge in [-0.2, -0.15) is 0 Å². The molecule has 3 rings (SSSR count). The van der Waals surface area contributed by atoms with E-state index < -0.39 is 0 Å². The number of nitrogens with zero attached hydrogens (tertiary/aromatic N) is 3. The molecule has 0 unspecified atom stereocenters. The highest BCUT2D eigenvalue weighted by atomic mass is 16.2. The van der Waals surface area contributed by atoms with Gasteiger partial charge in [-0.15, -0.1) is 6.58 Å². The zero-order valence-electron chi connectivity index (χ0n) is 14.3. The van der Waals surface area contributed by atoms with E-state index in [1.807, 2.05) is 52.1 Å². The lowest BCUT2D eigenvalue weighted by Crippen LogP contribution is -2.38. The Kier molecular flexibility index (Phi) is 5.29. The van der Waals surface area contributed by atoms with Crippen LogP contribution in [0, 0.1) is 5.92 Å². The number of piperidine rings is 1. The van der Waals surface area contributed by atoms with Gasteiger partial charge in [0.05, 0.1) is 12.0 Å². The molecule has 0 N–H and O–H groups in total. The Bertz CT molecular complexity index is 781. The number of aromatic nitrogens is 2. The summed E-state index contributed by atoms with van der Waals surface area (Å²) < 4.78 is 1.94. The van der Waals surface area contributed by atoms with Crippen molar-refractivity contribution in [3.63, 3.8) is 0 Å². The molecule has 0 radical (unpaired) electrons. The Balaban J connectivity index is 1.87. The summed E-state index contributed by atoms with van der Waals surface area (Å²) >= 11 is 0. The number of benzene rings is 1. The van der Waals surface area contributed by atoms with Gasteiger partial charge in [0.2, 0.25) is 0 Å². The largest absolute Gasteiger partial charge is 0.339 e. The molecule has 0 saturated carbocycles. The fraction of sp³-hybridized carbons (Fsp3) is 0.238. The van der Waals surface area contributed by atoms with Gasteiger partial charge in [0, 0.05) is 31.0 Å². The highest BCUT2D eigenvalue weighted by Crippen LogP contribution is 2.23. The number of likely N-dealkylation sites (tertiary alicyclic amines) is 1. The molecule has 1 amide bonds. The molecule has 0 aliphatic carbocycles. The van der Waals surface area contributed by atoms with Gasteiger partial charge >= 0.3 is 0 Å². The van der Waals surface area contributed by atoms with Crippen molar-refractivity contribution in [1.82, 2.24) is 14.5 Å². The summed E-state index contributed by atoms with van der Waals surface area (Å²) in [7, 11) is 0. The number of carbonyl (C=O) groups is 1. The molecule has 2 aromatic rings. The van der Waals surface area contributed by atoms with Crippen molar-refractivity contribution in [3.05, 3.63) is 79.4 Å². The zero-order chi connectivity index (χ0) is 17.6. The van der Waals surface area contributed by atoms with Crippen LogP contribution in [0.1, 0.15) is 28.8 Å². The second-order valence-electron chi connectivity index (χ2n) is 6.20. The highest BCUT2D eigenvalue weighted by Gasteiger charge is 2.22. The van der Waals surface area contributed by atoms with E-state index in [1.165, 1.54) is 0 Å². The van der Waals surface area contributed by atoms with E-state index in [0.29, 0.717) is 11.5 Å². The Morgan fingerprint density at radius 2 is 2.04 bits per heavy atom. The molecule has 0 atom stereocenters. The molecule has 4 nitrogen and oxygen atoms in total.